The summed E-state index contributed by atoms with van der Waals surface area (Å²) in [5.41, 5.74) is 2.64. The molecule has 0 spiro atoms. The molecule has 2 aromatic rings. The average molecular weight is 312 g/mol. The minimum absolute atomic E-state index is 0.455. The lowest BCUT2D eigenvalue weighted by Gasteiger charge is -2.26. The number of benzene rings is 2. The Labute approximate surface area is 133 Å². The molecule has 1 heterocycles. The first-order chi connectivity index (χ1) is 10.7. The van der Waals surface area contributed by atoms with E-state index in [1.165, 1.54) is 10.6 Å². The van der Waals surface area contributed by atoms with Gasteiger partial charge < -0.3 is 9.74 Å². The molecule has 3 rings (SSSR count). The molecular weight excluding hydrogens is 296 g/mol. The molecular formula is C17H16N2O2S. The number of nitrogens with zero attached hydrogens (tertiary/aromatic N) is 2. The van der Waals surface area contributed by atoms with E-state index in [9.17, 15) is 4.79 Å². The van der Waals surface area contributed by atoms with Crippen molar-refractivity contribution in [3.8, 4) is 0 Å². The summed E-state index contributed by atoms with van der Waals surface area (Å²) in [5.74, 6) is 0.622. The summed E-state index contributed by atoms with van der Waals surface area (Å²) in [5, 5.41) is 3.79. The molecule has 0 aromatic heterocycles. The molecule has 2 aromatic carbocycles. The summed E-state index contributed by atoms with van der Waals surface area (Å²) >= 11 is 1.83. The van der Waals surface area contributed by atoms with Gasteiger partial charge in [0.15, 0.2) is 0 Å². The predicted molar refractivity (Wildman–Crippen MR) is 89.9 cm³/mol. The quantitative estimate of drug-likeness (QED) is 0.495. The molecule has 1 aliphatic rings. The molecule has 0 fully saturated rings. The number of hydrogen-bond acceptors (Lipinski definition) is 5. The molecule has 0 aliphatic carbocycles. The van der Waals surface area contributed by atoms with E-state index in [1.807, 2.05) is 23.9 Å². The molecule has 0 saturated carbocycles. The molecule has 1 aliphatic heterocycles. The van der Waals surface area contributed by atoms with E-state index in [0.717, 1.165) is 17.9 Å². The van der Waals surface area contributed by atoms with Crippen LogP contribution < -0.4 is 4.90 Å². The Morgan fingerprint density at radius 3 is 2.91 bits per heavy atom. The van der Waals surface area contributed by atoms with Crippen molar-refractivity contribution in [2.45, 2.75) is 4.90 Å². The fourth-order valence-corrected chi connectivity index (χ4v) is 3.39. The summed E-state index contributed by atoms with van der Waals surface area (Å²) < 4.78 is 0. The first-order valence-corrected chi connectivity index (χ1v) is 8.00. The lowest BCUT2D eigenvalue weighted by molar-refractivity contribution is 0.0519. The number of thioether (sulfide) groups is 1. The average Bonchev–Trinajstić information content (AvgIpc) is 2.56. The fraction of sp³-hybridized carbons (Fsp3) is 0.176. The van der Waals surface area contributed by atoms with Crippen molar-refractivity contribution in [2.24, 2.45) is 5.16 Å². The summed E-state index contributed by atoms with van der Waals surface area (Å²) in [7, 11) is 2.09. The van der Waals surface area contributed by atoms with Crippen molar-refractivity contribution in [3.05, 3.63) is 59.7 Å². The molecule has 22 heavy (non-hydrogen) atoms. The molecule has 0 saturated heterocycles. The minimum Gasteiger partial charge on any atom is -0.373 e. The van der Waals surface area contributed by atoms with Crippen LogP contribution in [-0.4, -0.2) is 31.5 Å². The third kappa shape index (κ3) is 3.31. The van der Waals surface area contributed by atoms with Gasteiger partial charge in [-0.15, -0.1) is 11.8 Å². The topological polar surface area (TPSA) is 41.9 Å². The van der Waals surface area contributed by atoms with Crippen LogP contribution in [0, 0.1) is 0 Å². The normalized spacial score (nSPS) is 14.0. The van der Waals surface area contributed by atoms with Gasteiger partial charge >= 0.3 is 5.97 Å². The lowest BCUT2D eigenvalue weighted by Crippen LogP contribution is -2.24. The first kappa shape index (κ1) is 14.7. The Bertz CT molecular complexity index is 701. The van der Waals surface area contributed by atoms with Crippen LogP contribution in [0.25, 0.3) is 0 Å². The van der Waals surface area contributed by atoms with E-state index >= 15 is 0 Å². The zero-order chi connectivity index (χ0) is 15.4. The second-order valence-electron chi connectivity index (χ2n) is 4.98. The molecule has 4 nitrogen and oxygen atoms in total. The number of fused-ring (bicyclic) bond motifs is 1. The second-order valence-corrected chi connectivity index (χ2v) is 6.11. The van der Waals surface area contributed by atoms with Crippen LogP contribution in [0.2, 0.25) is 0 Å². The highest BCUT2D eigenvalue weighted by atomic mass is 32.2. The van der Waals surface area contributed by atoms with Crippen LogP contribution in [0.5, 0.6) is 0 Å². The van der Waals surface area contributed by atoms with E-state index in [2.05, 4.69) is 29.2 Å². The number of rotatable bonds is 3. The minimum atomic E-state index is -0.455. The van der Waals surface area contributed by atoms with Gasteiger partial charge in [-0.2, -0.15) is 0 Å². The molecule has 0 bridgehead atoms. The molecule has 0 N–H and O–H groups in total. The van der Waals surface area contributed by atoms with Gasteiger partial charge in [0.25, 0.3) is 0 Å². The highest BCUT2D eigenvalue weighted by Crippen LogP contribution is 2.34. The van der Waals surface area contributed by atoms with Crippen LogP contribution >= 0.6 is 11.8 Å². The Kier molecular flexibility index (Phi) is 4.44. The molecule has 0 unspecified atom stereocenters. The van der Waals surface area contributed by atoms with E-state index < -0.39 is 5.97 Å². The van der Waals surface area contributed by atoms with Crippen molar-refractivity contribution in [3.63, 3.8) is 0 Å². The standard InChI is InChI=1S/C17H16N2O2S/c1-19-9-10-22-16-11-13(7-8-15(16)19)12-18-21-17(20)14-5-3-2-4-6-14/h2-8,11-12H,9-10H2,1H3. The largest absolute Gasteiger partial charge is 0.373 e. The van der Waals surface area contributed by atoms with E-state index in [1.54, 1.807) is 30.5 Å². The second kappa shape index (κ2) is 6.66. The SMILES string of the molecule is CN1CCSc2cc(C=NOC(=O)c3ccccc3)ccc21. The number of oxime groups is 1. The number of carbonyl (C=O) groups is 1. The van der Waals surface area contributed by atoms with Gasteiger partial charge in [0.05, 0.1) is 17.5 Å². The summed E-state index contributed by atoms with van der Waals surface area (Å²) in [6, 6.07) is 14.9. The molecule has 0 amide bonds. The number of anilines is 1. The zero-order valence-corrected chi connectivity index (χ0v) is 13.0. The van der Waals surface area contributed by atoms with Crippen molar-refractivity contribution in [1.29, 1.82) is 0 Å². The Morgan fingerprint density at radius 2 is 2.09 bits per heavy atom. The monoisotopic (exact) mass is 312 g/mol. The van der Waals surface area contributed by atoms with Crippen LogP contribution in [0.3, 0.4) is 0 Å². The number of hydrogen-bond donors (Lipinski definition) is 0. The molecule has 112 valence electrons. The van der Waals surface area contributed by atoms with Gasteiger partial charge in [0.2, 0.25) is 0 Å². The van der Waals surface area contributed by atoms with Crippen LogP contribution in [0.1, 0.15) is 15.9 Å². The van der Waals surface area contributed by atoms with Gasteiger partial charge in [-0.05, 0) is 29.8 Å². The van der Waals surface area contributed by atoms with Crippen LogP contribution in [0.4, 0.5) is 5.69 Å². The van der Waals surface area contributed by atoms with E-state index in [-0.39, 0.29) is 0 Å². The van der Waals surface area contributed by atoms with Crippen molar-refractivity contribution < 1.29 is 9.63 Å². The van der Waals surface area contributed by atoms with Crippen molar-refractivity contribution in [1.82, 2.24) is 0 Å². The van der Waals surface area contributed by atoms with Gasteiger partial charge in [0, 0.05) is 24.2 Å². The maximum Gasteiger partial charge on any atom is 0.365 e. The zero-order valence-electron chi connectivity index (χ0n) is 12.2. The first-order valence-electron chi connectivity index (χ1n) is 7.02. The summed E-state index contributed by atoms with van der Waals surface area (Å²) in [6.07, 6.45) is 1.57. The molecule has 0 radical (unpaired) electrons. The smallest absolute Gasteiger partial charge is 0.365 e. The van der Waals surface area contributed by atoms with Gasteiger partial charge in [-0.3, -0.25) is 0 Å². The maximum absolute atomic E-state index is 11.8. The maximum atomic E-state index is 11.8. The van der Waals surface area contributed by atoms with E-state index in [4.69, 9.17) is 4.84 Å². The Balaban J connectivity index is 1.67. The predicted octanol–water partition coefficient (Wildman–Crippen LogP) is 3.42. The van der Waals surface area contributed by atoms with E-state index in [0.29, 0.717) is 5.56 Å². The Morgan fingerprint density at radius 1 is 1.27 bits per heavy atom. The van der Waals surface area contributed by atoms with Crippen molar-refractivity contribution in [2.75, 3.05) is 24.2 Å². The van der Waals surface area contributed by atoms with Crippen LogP contribution in [0.15, 0.2) is 58.6 Å². The molecule has 0 atom stereocenters. The highest BCUT2D eigenvalue weighted by molar-refractivity contribution is 7.99. The summed E-state index contributed by atoms with van der Waals surface area (Å²) in [6.45, 7) is 1.06. The third-order valence-electron chi connectivity index (χ3n) is 3.43. The van der Waals surface area contributed by atoms with Gasteiger partial charge in [-0.1, -0.05) is 29.4 Å². The highest BCUT2D eigenvalue weighted by Gasteiger charge is 2.13. The van der Waals surface area contributed by atoms with Gasteiger partial charge in [0.1, 0.15) is 0 Å². The third-order valence-corrected chi connectivity index (χ3v) is 4.45. The Hall–Kier alpha value is -2.27. The number of carbonyl (C=O) groups excluding carboxylic acids is 1. The van der Waals surface area contributed by atoms with Gasteiger partial charge in [-0.25, -0.2) is 4.79 Å². The van der Waals surface area contributed by atoms with Crippen molar-refractivity contribution >= 4 is 29.6 Å². The lowest BCUT2D eigenvalue weighted by atomic mass is 10.2. The summed E-state index contributed by atoms with van der Waals surface area (Å²) in [4.78, 5) is 20.1. The van der Waals surface area contributed by atoms with Crippen LogP contribution in [-0.2, 0) is 4.84 Å². The fourth-order valence-electron chi connectivity index (χ4n) is 2.22. The molecule has 5 heteroatoms.